The zero-order valence-corrected chi connectivity index (χ0v) is 9.12. The molecule has 0 saturated carbocycles. The molecule has 5 heteroatoms. The van der Waals surface area contributed by atoms with E-state index in [9.17, 15) is 14.7 Å². The minimum absolute atomic E-state index is 0.0837. The molecule has 1 heterocycles. The first-order chi connectivity index (χ1) is 7.00. The maximum atomic E-state index is 11.5. The Labute approximate surface area is 89.2 Å². The van der Waals surface area contributed by atoms with Crippen molar-refractivity contribution in [3.63, 3.8) is 0 Å². The maximum absolute atomic E-state index is 11.5. The van der Waals surface area contributed by atoms with Crippen LogP contribution in [-0.2, 0) is 9.59 Å². The molecule has 0 bridgehead atoms. The molecule has 2 unspecified atom stereocenters. The lowest BCUT2D eigenvalue weighted by Gasteiger charge is -2.16. The highest BCUT2D eigenvalue weighted by molar-refractivity contribution is 5.90. The Bertz CT molecular complexity index is 253. The molecule has 0 radical (unpaired) electrons. The van der Waals surface area contributed by atoms with Crippen molar-refractivity contribution in [2.45, 2.75) is 38.8 Å². The van der Waals surface area contributed by atoms with E-state index in [0.717, 1.165) is 0 Å². The van der Waals surface area contributed by atoms with Crippen molar-refractivity contribution in [3.05, 3.63) is 0 Å². The fraction of sp³-hybridized carbons (Fsp3) is 0.800. The van der Waals surface area contributed by atoms with Gasteiger partial charge in [-0.1, -0.05) is 13.8 Å². The number of carbonyl (C=O) groups excluding carboxylic acids is 2. The summed E-state index contributed by atoms with van der Waals surface area (Å²) in [6.45, 7) is 4.01. The topological polar surface area (TPSA) is 78.4 Å². The van der Waals surface area contributed by atoms with E-state index in [-0.39, 0.29) is 24.3 Å². The average Bonchev–Trinajstić information content (AvgIpc) is 2.60. The maximum Gasteiger partial charge on any atom is 0.242 e. The van der Waals surface area contributed by atoms with Crippen molar-refractivity contribution in [2.75, 3.05) is 6.54 Å². The predicted octanol–water partition coefficient (Wildman–Crippen LogP) is -0.602. The largest absolute Gasteiger partial charge is 0.391 e. The molecular weight excluding hydrogens is 196 g/mol. The molecule has 1 aliphatic rings. The number of aliphatic hydroxyl groups is 1. The lowest BCUT2D eigenvalue weighted by molar-refractivity contribution is -0.126. The normalized spacial score (nSPS) is 22.7. The van der Waals surface area contributed by atoms with Crippen molar-refractivity contribution < 1.29 is 14.7 Å². The first-order valence-corrected chi connectivity index (χ1v) is 5.26. The molecule has 86 valence electrons. The summed E-state index contributed by atoms with van der Waals surface area (Å²) in [5.74, 6) is -0.177. The van der Waals surface area contributed by atoms with E-state index in [1.165, 1.54) is 0 Å². The summed E-state index contributed by atoms with van der Waals surface area (Å²) in [6, 6.07) is -0.420. The minimum Gasteiger partial charge on any atom is -0.391 e. The van der Waals surface area contributed by atoms with Crippen molar-refractivity contribution >= 4 is 11.8 Å². The third kappa shape index (κ3) is 3.51. The van der Waals surface area contributed by atoms with Crippen molar-refractivity contribution in [2.24, 2.45) is 5.92 Å². The van der Waals surface area contributed by atoms with Gasteiger partial charge in [-0.05, 0) is 12.3 Å². The van der Waals surface area contributed by atoms with Crippen LogP contribution in [0.1, 0.15) is 26.7 Å². The molecule has 1 rings (SSSR count). The average molecular weight is 214 g/mol. The summed E-state index contributed by atoms with van der Waals surface area (Å²) in [4.78, 5) is 22.3. The Morgan fingerprint density at radius 3 is 2.80 bits per heavy atom. The lowest BCUT2D eigenvalue weighted by Crippen LogP contribution is -2.44. The third-order valence-electron chi connectivity index (χ3n) is 2.57. The summed E-state index contributed by atoms with van der Waals surface area (Å²) in [6.07, 6.45) is 0.416. The smallest absolute Gasteiger partial charge is 0.242 e. The van der Waals surface area contributed by atoms with Gasteiger partial charge >= 0.3 is 0 Å². The Kier molecular flexibility index (Phi) is 4.08. The second-order valence-electron chi connectivity index (χ2n) is 4.22. The summed E-state index contributed by atoms with van der Waals surface area (Å²) < 4.78 is 0. The first-order valence-electron chi connectivity index (χ1n) is 5.26. The fourth-order valence-corrected chi connectivity index (χ4v) is 1.37. The van der Waals surface area contributed by atoms with Crippen LogP contribution in [0.5, 0.6) is 0 Å². The summed E-state index contributed by atoms with van der Waals surface area (Å²) in [7, 11) is 0. The van der Waals surface area contributed by atoms with Crippen LogP contribution in [0.25, 0.3) is 0 Å². The Hall–Kier alpha value is -1.10. The molecule has 2 amide bonds. The van der Waals surface area contributed by atoms with E-state index in [4.69, 9.17) is 0 Å². The van der Waals surface area contributed by atoms with Gasteiger partial charge < -0.3 is 15.7 Å². The van der Waals surface area contributed by atoms with Gasteiger partial charge in [0.15, 0.2) is 0 Å². The molecule has 0 aliphatic carbocycles. The predicted molar refractivity (Wildman–Crippen MR) is 55.0 cm³/mol. The molecule has 5 nitrogen and oxygen atoms in total. The van der Waals surface area contributed by atoms with Gasteiger partial charge in [-0.15, -0.1) is 0 Å². The van der Waals surface area contributed by atoms with Crippen LogP contribution in [-0.4, -0.2) is 35.6 Å². The highest BCUT2D eigenvalue weighted by Gasteiger charge is 2.27. The number of hydrogen-bond donors (Lipinski definition) is 3. The molecule has 0 spiro atoms. The molecule has 3 N–H and O–H groups in total. The van der Waals surface area contributed by atoms with Crippen LogP contribution in [0.2, 0.25) is 0 Å². The van der Waals surface area contributed by atoms with Gasteiger partial charge in [0.1, 0.15) is 6.04 Å². The molecular formula is C10H18N2O3. The van der Waals surface area contributed by atoms with Crippen LogP contribution in [0.15, 0.2) is 0 Å². The minimum atomic E-state index is -0.536. The number of rotatable bonds is 4. The molecule has 0 aromatic carbocycles. The van der Waals surface area contributed by atoms with E-state index in [1.807, 2.05) is 13.8 Å². The second-order valence-corrected chi connectivity index (χ2v) is 4.22. The highest BCUT2D eigenvalue weighted by Crippen LogP contribution is 2.06. The van der Waals surface area contributed by atoms with Gasteiger partial charge in [-0.25, -0.2) is 0 Å². The van der Waals surface area contributed by atoms with Crippen LogP contribution in [0, 0.1) is 5.92 Å². The first kappa shape index (κ1) is 12.0. The van der Waals surface area contributed by atoms with Gasteiger partial charge in [-0.3, -0.25) is 9.59 Å². The number of aliphatic hydroxyl groups excluding tert-OH is 1. The van der Waals surface area contributed by atoms with E-state index in [2.05, 4.69) is 10.6 Å². The molecule has 0 aromatic rings. The Balaban J connectivity index is 2.27. The molecule has 1 aliphatic heterocycles. The van der Waals surface area contributed by atoms with Gasteiger partial charge in [-0.2, -0.15) is 0 Å². The van der Waals surface area contributed by atoms with Gasteiger partial charge in [0.05, 0.1) is 6.10 Å². The van der Waals surface area contributed by atoms with Crippen LogP contribution < -0.4 is 10.6 Å². The van der Waals surface area contributed by atoms with Gasteiger partial charge in [0, 0.05) is 13.0 Å². The molecule has 2 atom stereocenters. The fourth-order valence-electron chi connectivity index (χ4n) is 1.37. The van der Waals surface area contributed by atoms with Gasteiger partial charge in [0.2, 0.25) is 11.8 Å². The SMILES string of the molecule is CC(C)C(O)CNC(=O)C1CCC(=O)N1. The highest BCUT2D eigenvalue weighted by atomic mass is 16.3. The Morgan fingerprint density at radius 2 is 2.33 bits per heavy atom. The van der Waals surface area contributed by atoms with E-state index < -0.39 is 12.1 Å². The van der Waals surface area contributed by atoms with Crippen LogP contribution in [0.3, 0.4) is 0 Å². The van der Waals surface area contributed by atoms with Crippen molar-refractivity contribution in [3.8, 4) is 0 Å². The number of amides is 2. The summed E-state index contributed by atoms with van der Waals surface area (Å²) in [5, 5.41) is 14.7. The standard InChI is InChI=1S/C10H18N2O3/c1-6(2)8(13)5-11-10(15)7-3-4-9(14)12-7/h6-8,13H,3-5H2,1-2H3,(H,11,15)(H,12,14). The van der Waals surface area contributed by atoms with Crippen LogP contribution in [0.4, 0.5) is 0 Å². The summed E-state index contributed by atoms with van der Waals surface area (Å²) in [5.41, 5.74) is 0. The van der Waals surface area contributed by atoms with Gasteiger partial charge in [0.25, 0.3) is 0 Å². The van der Waals surface area contributed by atoms with Crippen molar-refractivity contribution in [1.82, 2.24) is 10.6 Å². The van der Waals surface area contributed by atoms with E-state index >= 15 is 0 Å². The molecule has 1 saturated heterocycles. The monoisotopic (exact) mass is 214 g/mol. The number of hydrogen-bond acceptors (Lipinski definition) is 3. The van der Waals surface area contributed by atoms with E-state index in [0.29, 0.717) is 12.8 Å². The summed E-state index contributed by atoms with van der Waals surface area (Å²) >= 11 is 0. The van der Waals surface area contributed by atoms with Crippen molar-refractivity contribution in [1.29, 1.82) is 0 Å². The quantitative estimate of drug-likeness (QED) is 0.584. The zero-order chi connectivity index (χ0) is 11.4. The van der Waals surface area contributed by atoms with Crippen LogP contribution >= 0.6 is 0 Å². The number of nitrogens with one attached hydrogen (secondary N) is 2. The molecule has 0 aromatic heterocycles. The number of carbonyl (C=O) groups is 2. The molecule has 15 heavy (non-hydrogen) atoms. The third-order valence-corrected chi connectivity index (χ3v) is 2.57. The van der Waals surface area contributed by atoms with E-state index in [1.54, 1.807) is 0 Å². The zero-order valence-electron chi connectivity index (χ0n) is 9.12. The Morgan fingerprint density at radius 1 is 1.67 bits per heavy atom. The lowest BCUT2D eigenvalue weighted by atomic mass is 10.1. The molecule has 1 fully saturated rings. The second kappa shape index (κ2) is 5.11.